The van der Waals surface area contributed by atoms with Gasteiger partial charge in [0.15, 0.2) is 6.10 Å². The zero-order valence-corrected chi connectivity index (χ0v) is 14.0. The molecule has 23 heavy (non-hydrogen) atoms. The SMILES string of the molecule is N[C@@H](c1cc(Cl)c(Cl)cc1O)C1CCN(C(=O)[C@@H](O)CO)CC1. The first-order chi connectivity index (χ1) is 10.8. The Kier molecular flexibility index (Phi) is 6.11. The van der Waals surface area contributed by atoms with E-state index in [0.29, 0.717) is 36.5 Å². The summed E-state index contributed by atoms with van der Waals surface area (Å²) in [7, 11) is 0. The zero-order valence-electron chi connectivity index (χ0n) is 12.5. The number of aliphatic hydroxyl groups excluding tert-OH is 2. The summed E-state index contributed by atoms with van der Waals surface area (Å²) in [5.41, 5.74) is 6.77. The number of rotatable bonds is 4. The minimum atomic E-state index is -1.38. The third-order valence-corrected chi connectivity index (χ3v) is 4.97. The molecule has 1 aromatic carbocycles. The van der Waals surface area contributed by atoms with Crippen molar-refractivity contribution < 1.29 is 20.1 Å². The number of halogens is 2. The normalized spacial score (nSPS) is 18.7. The molecule has 0 saturated carbocycles. The average Bonchev–Trinajstić information content (AvgIpc) is 2.56. The van der Waals surface area contributed by atoms with Gasteiger partial charge in [0.1, 0.15) is 5.75 Å². The average molecular weight is 363 g/mol. The number of likely N-dealkylation sites (tertiary alicyclic amines) is 1. The van der Waals surface area contributed by atoms with E-state index in [1.54, 1.807) is 6.07 Å². The van der Waals surface area contributed by atoms with Crippen LogP contribution in [0, 0.1) is 5.92 Å². The molecular formula is C15H20Cl2N2O4. The summed E-state index contributed by atoms with van der Waals surface area (Å²) in [6, 6.07) is 2.51. The second-order valence-electron chi connectivity index (χ2n) is 5.71. The zero-order chi connectivity index (χ0) is 17.1. The number of phenols is 1. The number of piperidine rings is 1. The van der Waals surface area contributed by atoms with Gasteiger partial charge in [0, 0.05) is 30.8 Å². The summed E-state index contributed by atoms with van der Waals surface area (Å²) in [5, 5.41) is 28.8. The second-order valence-corrected chi connectivity index (χ2v) is 6.53. The molecule has 1 amide bonds. The molecule has 1 fully saturated rings. The maximum absolute atomic E-state index is 11.8. The number of phenolic OH excluding ortho intramolecular Hbond substituents is 1. The van der Waals surface area contributed by atoms with Crippen LogP contribution < -0.4 is 5.73 Å². The number of nitrogens with zero attached hydrogens (tertiary/aromatic N) is 1. The third kappa shape index (κ3) is 4.08. The first-order valence-electron chi connectivity index (χ1n) is 7.36. The molecule has 1 aromatic rings. The van der Waals surface area contributed by atoms with E-state index in [1.165, 1.54) is 11.0 Å². The highest BCUT2D eigenvalue weighted by molar-refractivity contribution is 6.42. The number of hydrogen-bond donors (Lipinski definition) is 4. The van der Waals surface area contributed by atoms with Gasteiger partial charge in [0.2, 0.25) is 0 Å². The topological polar surface area (TPSA) is 107 Å². The summed E-state index contributed by atoms with van der Waals surface area (Å²) >= 11 is 11.8. The van der Waals surface area contributed by atoms with E-state index in [1.807, 2.05) is 0 Å². The molecule has 0 aliphatic carbocycles. The third-order valence-electron chi connectivity index (χ3n) is 4.25. The van der Waals surface area contributed by atoms with Crippen LogP contribution in [0.15, 0.2) is 12.1 Å². The molecule has 0 spiro atoms. The molecule has 1 aliphatic heterocycles. The molecule has 5 N–H and O–H groups in total. The molecule has 1 saturated heterocycles. The lowest BCUT2D eigenvalue weighted by Crippen LogP contribution is -2.46. The van der Waals surface area contributed by atoms with Crippen LogP contribution in [0.4, 0.5) is 0 Å². The summed E-state index contributed by atoms with van der Waals surface area (Å²) < 4.78 is 0. The van der Waals surface area contributed by atoms with Crippen molar-refractivity contribution in [2.24, 2.45) is 11.7 Å². The van der Waals surface area contributed by atoms with Gasteiger partial charge < -0.3 is 26.0 Å². The molecular weight excluding hydrogens is 343 g/mol. The molecule has 128 valence electrons. The number of aromatic hydroxyl groups is 1. The van der Waals surface area contributed by atoms with Crippen molar-refractivity contribution in [3.63, 3.8) is 0 Å². The molecule has 2 atom stereocenters. The van der Waals surface area contributed by atoms with Gasteiger partial charge in [-0.15, -0.1) is 0 Å². The summed E-state index contributed by atoms with van der Waals surface area (Å²) in [5.74, 6) is -0.411. The van der Waals surface area contributed by atoms with Gasteiger partial charge in [-0.05, 0) is 24.8 Å². The van der Waals surface area contributed by atoms with Crippen LogP contribution in [0.1, 0.15) is 24.4 Å². The first-order valence-corrected chi connectivity index (χ1v) is 8.12. The van der Waals surface area contributed by atoms with Crippen LogP contribution in [-0.4, -0.2) is 51.9 Å². The lowest BCUT2D eigenvalue weighted by molar-refractivity contribution is -0.143. The van der Waals surface area contributed by atoms with Gasteiger partial charge in [-0.25, -0.2) is 0 Å². The first kappa shape index (κ1) is 18.3. The van der Waals surface area contributed by atoms with E-state index in [2.05, 4.69) is 0 Å². The summed E-state index contributed by atoms with van der Waals surface area (Å²) in [6.07, 6.45) is -0.116. The van der Waals surface area contributed by atoms with Gasteiger partial charge >= 0.3 is 0 Å². The minimum absolute atomic E-state index is 0.00103. The Balaban J connectivity index is 2.03. The second kappa shape index (κ2) is 7.68. The molecule has 0 unspecified atom stereocenters. The number of benzene rings is 1. The predicted molar refractivity (Wildman–Crippen MR) is 87.5 cm³/mol. The minimum Gasteiger partial charge on any atom is -0.508 e. The summed E-state index contributed by atoms with van der Waals surface area (Å²) in [4.78, 5) is 13.3. The van der Waals surface area contributed by atoms with Crippen LogP contribution in [0.25, 0.3) is 0 Å². The molecule has 1 aliphatic rings. The quantitative estimate of drug-likeness (QED) is 0.645. The van der Waals surface area contributed by atoms with Crippen LogP contribution in [0.2, 0.25) is 10.0 Å². The molecule has 6 nitrogen and oxygen atoms in total. The lowest BCUT2D eigenvalue weighted by Gasteiger charge is -2.35. The number of amides is 1. The number of hydrogen-bond acceptors (Lipinski definition) is 5. The number of carbonyl (C=O) groups is 1. The standard InChI is InChI=1S/C15H20Cl2N2O4/c16-10-5-9(12(21)6-11(10)17)14(18)8-1-3-19(4-2-8)15(23)13(22)7-20/h5-6,8,13-14,20-22H,1-4,7,18H2/t13-,14+/m0/s1. The fourth-order valence-corrected chi connectivity index (χ4v) is 3.17. The van der Waals surface area contributed by atoms with Crippen LogP contribution in [-0.2, 0) is 4.79 Å². The van der Waals surface area contributed by atoms with Gasteiger partial charge in [0.05, 0.1) is 16.7 Å². The Morgan fingerprint density at radius 2 is 1.87 bits per heavy atom. The van der Waals surface area contributed by atoms with Crippen molar-refractivity contribution in [2.75, 3.05) is 19.7 Å². The Labute approximate surface area is 144 Å². The van der Waals surface area contributed by atoms with Crippen molar-refractivity contribution >= 4 is 29.1 Å². The van der Waals surface area contributed by atoms with E-state index < -0.39 is 24.7 Å². The number of carbonyl (C=O) groups excluding carboxylic acids is 1. The fourth-order valence-electron chi connectivity index (χ4n) is 2.84. The van der Waals surface area contributed by atoms with Crippen molar-refractivity contribution in [3.8, 4) is 5.75 Å². The van der Waals surface area contributed by atoms with E-state index >= 15 is 0 Å². The van der Waals surface area contributed by atoms with Crippen molar-refractivity contribution in [1.82, 2.24) is 4.90 Å². The lowest BCUT2D eigenvalue weighted by atomic mass is 9.85. The molecule has 0 bridgehead atoms. The Hall–Kier alpha value is -1.05. The highest BCUT2D eigenvalue weighted by atomic mass is 35.5. The van der Waals surface area contributed by atoms with Crippen molar-refractivity contribution in [3.05, 3.63) is 27.7 Å². The van der Waals surface area contributed by atoms with Crippen molar-refractivity contribution in [1.29, 1.82) is 0 Å². The molecule has 0 radical (unpaired) electrons. The maximum atomic E-state index is 11.8. The molecule has 2 rings (SSSR count). The van der Waals surface area contributed by atoms with Crippen LogP contribution in [0.3, 0.4) is 0 Å². The highest BCUT2D eigenvalue weighted by Gasteiger charge is 2.30. The van der Waals surface area contributed by atoms with E-state index in [9.17, 15) is 15.0 Å². The van der Waals surface area contributed by atoms with E-state index in [0.717, 1.165) is 0 Å². The van der Waals surface area contributed by atoms with E-state index in [-0.39, 0.29) is 16.7 Å². The fraction of sp³-hybridized carbons (Fsp3) is 0.533. The van der Waals surface area contributed by atoms with Gasteiger partial charge in [-0.1, -0.05) is 23.2 Å². The Bertz CT molecular complexity index is 577. The van der Waals surface area contributed by atoms with Crippen LogP contribution in [0.5, 0.6) is 5.75 Å². The number of nitrogens with two attached hydrogens (primary N) is 1. The van der Waals surface area contributed by atoms with Crippen molar-refractivity contribution in [2.45, 2.75) is 25.0 Å². The van der Waals surface area contributed by atoms with Gasteiger partial charge in [0.25, 0.3) is 5.91 Å². The van der Waals surface area contributed by atoms with Gasteiger partial charge in [-0.2, -0.15) is 0 Å². The monoisotopic (exact) mass is 362 g/mol. The Morgan fingerprint density at radius 3 is 2.43 bits per heavy atom. The molecule has 1 heterocycles. The van der Waals surface area contributed by atoms with Crippen LogP contribution >= 0.6 is 23.2 Å². The molecule has 0 aromatic heterocycles. The van der Waals surface area contributed by atoms with Gasteiger partial charge in [-0.3, -0.25) is 4.79 Å². The largest absolute Gasteiger partial charge is 0.508 e. The number of aliphatic hydroxyl groups is 2. The molecule has 8 heteroatoms. The summed E-state index contributed by atoms with van der Waals surface area (Å²) in [6.45, 7) is 0.294. The maximum Gasteiger partial charge on any atom is 0.253 e. The Morgan fingerprint density at radius 1 is 1.30 bits per heavy atom. The van der Waals surface area contributed by atoms with E-state index in [4.69, 9.17) is 34.0 Å². The smallest absolute Gasteiger partial charge is 0.253 e. The predicted octanol–water partition coefficient (Wildman–Crippen LogP) is 1.29. The highest BCUT2D eigenvalue weighted by Crippen LogP contribution is 2.37.